The molecule has 3 rings (SSSR count). The maximum absolute atomic E-state index is 6.64. The SMILES string of the molecule is C1CCCC(C2(C3CCCOC3)COCCCCO2)CCC1. The monoisotopic (exact) mass is 310 g/mol. The van der Waals surface area contributed by atoms with Crippen molar-refractivity contribution in [1.29, 1.82) is 0 Å². The van der Waals surface area contributed by atoms with Crippen LogP contribution in [0.1, 0.15) is 70.6 Å². The van der Waals surface area contributed by atoms with E-state index in [0.717, 1.165) is 45.9 Å². The molecule has 2 heterocycles. The molecule has 3 nitrogen and oxygen atoms in total. The molecule has 3 heteroatoms. The average molecular weight is 310 g/mol. The lowest BCUT2D eigenvalue weighted by Crippen LogP contribution is -2.55. The smallest absolute Gasteiger partial charge is 0.0992 e. The van der Waals surface area contributed by atoms with Crippen LogP contribution in [0.3, 0.4) is 0 Å². The normalized spacial score (nSPS) is 36.8. The van der Waals surface area contributed by atoms with Gasteiger partial charge in [0.05, 0.1) is 18.8 Å². The third-order valence-corrected chi connectivity index (χ3v) is 6.03. The van der Waals surface area contributed by atoms with Crippen LogP contribution in [0, 0.1) is 11.8 Å². The van der Waals surface area contributed by atoms with Gasteiger partial charge in [-0.3, -0.25) is 0 Å². The molecular formula is C19H34O3. The summed E-state index contributed by atoms with van der Waals surface area (Å²) in [5.41, 5.74) is -0.0712. The molecule has 2 unspecified atom stereocenters. The molecule has 0 N–H and O–H groups in total. The third kappa shape index (κ3) is 4.04. The second-order valence-electron chi connectivity index (χ2n) is 7.52. The van der Waals surface area contributed by atoms with Gasteiger partial charge in [0.25, 0.3) is 0 Å². The number of ether oxygens (including phenoxy) is 3. The summed E-state index contributed by atoms with van der Waals surface area (Å²) < 4.78 is 18.6. The van der Waals surface area contributed by atoms with Crippen molar-refractivity contribution in [2.45, 2.75) is 76.2 Å². The molecule has 0 radical (unpaired) electrons. The molecule has 128 valence electrons. The summed E-state index contributed by atoms with van der Waals surface area (Å²) in [6.45, 7) is 4.42. The second kappa shape index (κ2) is 8.65. The summed E-state index contributed by atoms with van der Waals surface area (Å²) in [5, 5.41) is 0. The van der Waals surface area contributed by atoms with Gasteiger partial charge in [-0.2, -0.15) is 0 Å². The Bertz CT molecular complexity index is 296. The molecule has 0 bridgehead atoms. The lowest BCUT2D eigenvalue weighted by molar-refractivity contribution is -0.197. The fraction of sp³-hybridized carbons (Fsp3) is 1.00. The summed E-state index contributed by atoms with van der Waals surface area (Å²) in [6.07, 6.45) is 14.3. The average Bonchev–Trinajstić information content (AvgIpc) is 2.49. The first-order chi connectivity index (χ1) is 10.9. The predicted octanol–water partition coefficient (Wildman–Crippen LogP) is 4.34. The highest BCUT2D eigenvalue weighted by Gasteiger charge is 2.47. The van der Waals surface area contributed by atoms with Gasteiger partial charge in [-0.25, -0.2) is 0 Å². The van der Waals surface area contributed by atoms with Crippen LogP contribution in [-0.2, 0) is 14.2 Å². The largest absolute Gasteiger partial charge is 0.381 e. The Morgan fingerprint density at radius 3 is 2.05 bits per heavy atom. The summed E-state index contributed by atoms with van der Waals surface area (Å²) in [4.78, 5) is 0. The fourth-order valence-corrected chi connectivity index (χ4v) is 4.72. The summed E-state index contributed by atoms with van der Waals surface area (Å²) in [7, 11) is 0. The van der Waals surface area contributed by atoms with Gasteiger partial charge in [0, 0.05) is 25.7 Å². The summed E-state index contributed by atoms with van der Waals surface area (Å²) in [6, 6.07) is 0. The van der Waals surface area contributed by atoms with Crippen LogP contribution < -0.4 is 0 Å². The maximum Gasteiger partial charge on any atom is 0.0992 e. The van der Waals surface area contributed by atoms with Gasteiger partial charge in [-0.1, -0.05) is 32.1 Å². The van der Waals surface area contributed by atoms with Crippen LogP contribution in [0.15, 0.2) is 0 Å². The van der Waals surface area contributed by atoms with E-state index in [9.17, 15) is 0 Å². The zero-order valence-electron chi connectivity index (χ0n) is 14.2. The van der Waals surface area contributed by atoms with Crippen LogP contribution in [0.2, 0.25) is 0 Å². The molecule has 0 aromatic heterocycles. The highest BCUT2D eigenvalue weighted by molar-refractivity contribution is 4.96. The van der Waals surface area contributed by atoms with E-state index >= 15 is 0 Å². The molecule has 0 aromatic rings. The minimum absolute atomic E-state index is 0.0712. The van der Waals surface area contributed by atoms with Crippen molar-refractivity contribution in [3.8, 4) is 0 Å². The Morgan fingerprint density at radius 1 is 0.591 bits per heavy atom. The van der Waals surface area contributed by atoms with Gasteiger partial charge in [0.1, 0.15) is 0 Å². The van der Waals surface area contributed by atoms with Crippen molar-refractivity contribution in [3.63, 3.8) is 0 Å². The quantitative estimate of drug-likeness (QED) is 0.759. The minimum atomic E-state index is -0.0712. The molecule has 0 aromatic carbocycles. The molecule has 1 aliphatic carbocycles. The fourth-order valence-electron chi connectivity index (χ4n) is 4.72. The standard InChI is InChI=1S/C19H34O3/c1-2-4-9-17(10-5-3-1)19(18-11-8-13-20-15-18)16-21-12-6-7-14-22-19/h17-18H,1-16H2. The Kier molecular flexibility index (Phi) is 6.58. The molecule has 22 heavy (non-hydrogen) atoms. The maximum atomic E-state index is 6.64. The van der Waals surface area contributed by atoms with Crippen molar-refractivity contribution < 1.29 is 14.2 Å². The lowest BCUT2D eigenvalue weighted by atomic mass is 9.70. The van der Waals surface area contributed by atoms with Gasteiger partial charge < -0.3 is 14.2 Å². The topological polar surface area (TPSA) is 27.7 Å². The first kappa shape index (κ1) is 16.7. The van der Waals surface area contributed by atoms with E-state index in [-0.39, 0.29) is 5.60 Å². The Morgan fingerprint density at radius 2 is 1.27 bits per heavy atom. The van der Waals surface area contributed by atoms with Crippen LogP contribution in [-0.4, -0.2) is 38.6 Å². The van der Waals surface area contributed by atoms with Crippen LogP contribution in [0.5, 0.6) is 0 Å². The van der Waals surface area contributed by atoms with Crippen molar-refractivity contribution in [2.75, 3.05) is 33.0 Å². The molecule has 2 aliphatic heterocycles. The van der Waals surface area contributed by atoms with Gasteiger partial charge >= 0.3 is 0 Å². The molecule has 0 spiro atoms. The summed E-state index contributed by atoms with van der Waals surface area (Å²) in [5.74, 6) is 1.20. The molecule has 2 atom stereocenters. The van der Waals surface area contributed by atoms with Gasteiger partial charge in [-0.05, 0) is 44.4 Å². The first-order valence-corrected chi connectivity index (χ1v) is 9.71. The zero-order chi connectivity index (χ0) is 15.1. The summed E-state index contributed by atoms with van der Waals surface area (Å²) >= 11 is 0. The van der Waals surface area contributed by atoms with E-state index in [1.165, 1.54) is 57.8 Å². The van der Waals surface area contributed by atoms with E-state index in [2.05, 4.69) is 0 Å². The van der Waals surface area contributed by atoms with E-state index < -0.39 is 0 Å². The second-order valence-corrected chi connectivity index (χ2v) is 7.52. The molecule has 3 fully saturated rings. The van der Waals surface area contributed by atoms with Gasteiger partial charge in [-0.15, -0.1) is 0 Å². The molecule has 0 amide bonds. The van der Waals surface area contributed by atoms with Gasteiger partial charge in [0.15, 0.2) is 0 Å². The molecule has 3 aliphatic rings. The molecular weight excluding hydrogens is 276 g/mol. The number of hydrogen-bond donors (Lipinski definition) is 0. The van der Waals surface area contributed by atoms with E-state index in [1.807, 2.05) is 0 Å². The Labute approximate surface area is 136 Å². The van der Waals surface area contributed by atoms with E-state index in [0.29, 0.717) is 11.8 Å². The van der Waals surface area contributed by atoms with Gasteiger partial charge in [0.2, 0.25) is 0 Å². The Balaban J connectivity index is 1.78. The van der Waals surface area contributed by atoms with Crippen molar-refractivity contribution in [1.82, 2.24) is 0 Å². The zero-order valence-corrected chi connectivity index (χ0v) is 14.2. The highest BCUT2D eigenvalue weighted by Crippen LogP contribution is 2.42. The van der Waals surface area contributed by atoms with E-state index in [4.69, 9.17) is 14.2 Å². The lowest BCUT2D eigenvalue weighted by Gasteiger charge is -2.48. The van der Waals surface area contributed by atoms with Crippen molar-refractivity contribution in [2.24, 2.45) is 11.8 Å². The van der Waals surface area contributed by atoms with Crippen molar-refractivity contribution in [3.05, 3.63) is 0 Å². The third-order valence-electron chi connectivity index (χ3n) is 6.03. The van der Waals surface area contributed by atoms with E-state index in [1.54, 1.807) is 0 Å². The Hall–Kier alpha value is -0.120. The van der Waals surface area contributed by atoms with Crippen LogP contribution in [0.25, 0.3) is 0 Å². The highest BCUT2D eigenvalue weighted by atomic mass is 16.5. The predicted molar refractivity (Wildman–Crippen MR) is 88.1 cm³/mol. The number of hydrogen-bond acceptors (Lipinski definition) is 3. The molecule has 1 saturated carbocycles. The van der Waals surface area contributed by atoms with Crippen LogP contribution >= 0.6 is 0 Å². The number of rotatable bonds is 2. The first-order valence-electron chi connectivity index (χ1n) is 9.71. The van der Waals surface area contributed by atoms with Crippen molar-refractivity contribution >= 4 is 0 Å². The minimum Gasteiger partial charge on any atom is -0.381 e. The molecule has 2 saturated heterocycles. The van der Waals surface area contributed by atoms with Crippen LogP contribution in [0.4, 0.5) is 0 Å².